The first-order chi connectivity index (χ1) is 11.7. The van der Waals surface area contributed by atoms with Crippen molar-refractivity contribution in [2.24, 2.45) is 0 Å². The normalized spacial score (nSPS) is 16.1. The van der Waals surface area contributed by atoms with E-state index in [9.17, 15) is 0 Å². The Hall–Kier alpha value is -3.15. The summed E-state index contributed by atoms with van der Waals surface area (Å²) in [6.45, 7) is 0. The Morgan fingerprint density at radius 2 is 1.75 bits per heavy atom. The van der Waals surface area contributed by atoms with E-state index in [0.29, 0.717) is 5.95 Å². The van der Waals surface area contributed by atoms with E-state index < -0.39 is 0 Å². The summed E-state index contributed by atoms with van der Waals surface area (Å²) < 4.78 is 1.80. The maximum atomic E-state index is 4.14. The van der Waals surface area contributed by atoms with Crippen LogP contribution < -0.4 is 10.2 Å². The number of allylic oxidation sites excluding steroid dienone is 1. The average Bonchev–Trinajstić information content (AvgIpc) is 3.10. The summed E-state index contributed by atoms with van der Waals surface area (Å²) in [5.74, 6) is 0.651. The van der Waals surface area contributed by atoms with Crippen LogP contribution in [0.15, 0.2) is 60.7 Å². The molecule has 0 bridgehead atoms. The summed E-state index contributed by atoms with van der Waals surface area (Å²) in [6.07, 6.45) is 2.16. The molecule has 0 aliphatic carbocycles. The fraction of sp³-hybridized carbons (Fsp3) is 0.167. The SMILES string of the molecule is CN(C)c1ccc(C2C=C(c3ccccc3)Nc3nnnn32)cc1. The quantitative estimate of drug-likeness (QED) is 0.805. The molecule has 0 amide bonds. The molecule has 4 rings (SSSR count). The summed E-state index contributed by atoms with van der Waals surface area (Å²) >= 11 is 0. The number of hydrogen-bond donors (Lipinski definition) is 1. The Kier molecular flexibility index (Phi) is 3.49. The van der Waals surface area contributed by atoms with Crippen molar-refractivity contribution < 1.29 is 0 Å². The molecule has 3 aromatic rings. The van der Waals surface area contributed by atoms with E-state index >= 15 is 0 Å². The van der Waals surface area contributed by atoms with Gasteiger partial charge in [0.15, 0.2) is 0 Å². The van der Waals surface area contributed by atoms with Gasteiger partial charge >= 0.3 is 0 Å². The van der Waals surface area contributed by atoms with Gasteiger partial charge in [-0.05, 0) is 39.8 Å². The lowest BCUT2D eigenvalue weighted by molar-refractivity contribution is 0.586. The van der Waals surface area contributed by atoms with Crippen molar-refractivity contribution in [3.05, 3.63) is 71.8 Å². The number of benzene rings is 2. The number of fused-ring (bicyclic) bond motifs is 1. The third kappa shape index (κ3) is 2.52. The number of nitrogens with zero attached hydrogens (tertiary/aromatic N) is 5. The minimum Gasteiger partial charge on any atom is -0.378 e. The molecule has 1 aliphatic rings. The zero-order valence-electron chi connectivity index (χ0n) is 13.6. The second-order valence-electron chi connectivity index (χ2n) is 5.95. The van der Waals surface area contributed by atoms with Crippen molar-refractivity contribution >= 4 is 17.3 Å². The van der Waals surface area contributed by atoms with Crippen LogP contribution in [0.4, 0.5) is 11.6 Å². The first kappa shape index (κ1) is 14.4. The van der Waals surface area contributed by atoms with Crippen LogP contribution in [0.3, 0.4) is 0 Å². The molecule has 2 aromatic carbocycles. The lowest BCUT2D eigenvalue weighted by Gasteiger charge is -2.24. The zero-order valence-corrected chi connectivity index (χ0v) is 13.6. The lowest BCUT2D eigenvalue weighted by Crippen LogP contribution is -2.20. The Balaban J connectivity index is 1.76. The van der Waals surface area contributed by atoms with Crippen molar-refractivity contribution in [3.8, 4) is 0 Å². The second-order valence-corrected chi connectivity index (χ2v) is 5.95. The predicted molar refractivity (Wildman–Crippen MR) is 94.8 cm³/mol. The molecule has 6 heteroatoms. The molecular weight excluding hydrogens is 300 g/mol. The average molecular weight is 318 g/mol. The van der Waals surface area contributed by atoms with Crippen LogP contribution in [0.2, 0.25) is 0 Å². The van der Waals surface area contributed by atoms with Gasteiger partial charge < -0.3 is 10.2 Å². The molecule has 0 saturated heterocycles. The van der Waals surface area contributed by atoms with Gasteiger partial charge in [-0.25, -0.2) is 0 Å². The highest BCUT2D eigenvalue weighted by atomic mass is 15.6. The van der Waals surface area contributed by atoms with Crippen LogP contribution in [0.1, 0.15) is 17.2 Å². The van der Waals surface area contributed by atoms with Crippen LogP contribution in [-0.2, 0) is 0 Å². The lowest BCUT2D eigenvalue weighted by atomic mass is 10.0. The van der Waals surface area contributed by atoms with Gasteiger partial charge in [-0.2, -0.15) is 4.68 Å². The number of hydrogen-bond acceptors (Lipinski definition) is 5. The monoisotopic (exact) mass is 318 g/mol. The Morgan fingerprint density at radius 1 is 1.00 bits per heavy atom. The highest BCUT2D eigenvalue weighted by Crippen LogP contribution is 2.32. The summed E-state index contributed by atoms with van der Waals surface area (Å²) in [7, 11) is 4.07. The van der Waals surface area contributed by atoms with Crippen molar-refractivity contribution in [1.82, 2.24) is 20.2 Å². The van der Waals surface area contributed by atoms with E-state index in [2.05, 4.69) is 68.2 Å². The number of tetrazole rings is 1. The van der Waals surface area contributed by atoms with Gasteiger partial charge in [-0.1, -0.05) is 47.6 Å². The summed E-state index contributed by atoms with van der Waals surface area (Å²) in [6, 6.07) is 18.6. The van der Waals surface area contributed by atoms with E-state index in [4.69, 9.17) is 0 Å². The van der Waals surface area contributed by atoms with Crippen molar-refractivity contribution in [2.45, 2.75) is 6.04 Å². The smallest absolute Gasteiger partial charge is 0.248 e. The maximum Gasteiger partial charge on any atom is 0.248 e. The van der Waals surface area contributed by atoms with Gasteiger partial charge in [-0.15, -0.1) is 0 Å². The third-order valence-electron chi connectivity index (χ3n) is 4.16. The highest BCUT2D eigenvalue weighted by molar-refractivity contribution is 5.76. The molecule has 2 heterocycles. The molecule has 120 valence electrons. The van der Waals surface area contributed by atoms with Crippen LogP contribution in [-0.4, -0.2) is 34.3 Å². The Bertz CT molecular complexity index is 864. The molecule has 0 spiro atoms. The third-order valence-corrected chi connectivity index (χ3v) is 4.16. The summed E-state index contributed by atoms with van der Waals surface area (Å²) in [4.78, 5) is 2.08. The van der Waals surface area contributed by atoms with Crippen LogP contribution in [0.5, 0.6) is 0 Å². The zero-order chi connectivity index (χ0) is 16.5. The molecule has 1 atom stereocenters. The van der Waals surface area contributed by atoms with Crippen molar-refractivity contribution in [2.75, 3.05) is 24.3 Å². The van der Waals surface area contributed by atoms with Gasteiger partial charge in [0, 0.05) is 25.5 Å². The van der Waals surface area contributed by atoms with E-state index in [1.54, 1.807) is 4.68 Å². The molecule has 1 unspecified atom stereocenters. The fourth-order valence-corrected chi connectivity index (χ4v) is 2.85. The topological polar surface area (TPSA) is 58.9 Å². The molecule has 0 saturated carbocycles. The van der Waals surface area contributed by atoms with E-state index in [1.807, 2.05) is 32.3 Å². The number of anilines is 2. The summed E-state index contributed by atoms with van der Waals surface area (Å²) in [5.41, 5.74) is 4.43. The van der Waals surface area contributed by atoms with Gasteiger partial charge in [0.25, 0.3) is 0 Å². The molecule has 0 fully saturated rings. The van der Waals surface area contributed by atoms with Crippen LogP contribution in [0.25, 0.3) is 5.70 Å². The van der Waals surface area contributed by atoms with E-state index in [-0.39, 0.29) is 6.04 Å². The predicted octanol–water partition coefficient (Wildman–Crippen LogP) is 2.80. The number of rotatable bonds is 3. The van der Waals surface area contributed by atoms with Gasteiger partial charge in [0.05, 0.1) is 0 Å². The highest BCUT2D eigenvalue weighted by Gasteiger charge is 2.24. The van der Waals surface area contributed by atoms with Gasteiger partial charge in [0.2, 0.25) is 5.95 Å². The van der Waals surface area contributed by atoms with Crippen LogP contribution >= 0.6 is 0 Å². The van der Waals surface area contributed by atoms with Crippen molar-refractivity contribution in [1.29, 1.82) is 0 Å². The molecular formula is C18H18N6. The maximum absolute atomic E-state index is 4.14. The minimum absolute atomic E-state index is 0.0392. The standard InChI is InChI=1S/C18H18N6/c1-23(2)15-10-8-14(9-11-15)17-12-16(13-6-4-3-5-7-13)19-18-20-21-22-24(17)18/h3-12,17H,1-2H3,(H,19,20,22). The first-order valence-corrected chi connectivity index (χ1v) is 7.82. The van der Waals surface area contributed by atoms with Gasteiger partial charge in [0.1, 0.15) is 6.04 Å². The van der Waals surface area contributed by atoms with Crippen LogP contribution in [0, 0.1) is 0 Å². The fourth-order valence-electron chi connectivity index (χ4n) is 2.85. The molecule has 24 heavy (non-hydrogen) atoms. The number of nitrogens with one attached hydrogen (secondary N) is 1. The molecule has 1 N–H and O–H groups in total. The molecule has 1 aliphatic heterocycles. The summed E-state index contributed by atoms with van der Waals surface area (Å²) in [5, 5.41) is 15.3. The van der Waals surface area contributed by atoms with Gasteiger partial charge in [-0.3, -0.25) is 0 Å². The Labute approximate surface area is 140 Å². The van der Waals surface area contributed by atoms with Crippen molar-refractivity contribution in [3.63, 3.8) is 0 Å². The molecule has 6 nitrogen and oxygen atoms in total. The first-order valence-electron chi connectivity index (χ1n) is 7.82. The molecule has 1 aromatic heterocycles. The van der Waals surface area contributed by atoms with E-state index in [0.717, 1.165) is 22.5 Å². The largest absolute Gasteiger partial charge is 0.378 e. The van der Waals surface area contributed by atoms with E-state index in [1.165, 1.54) is 0 Å². The Morgan fingerprint density at radius 3 is 2.46 bits per heavy atom. The number of aromatic nitrogens is 4. The second kappa shape index (κ2) is 5.81. The molecule has 0 radical (unpaired) electrons. The minimum atomic E-state index is -0.0392.